The van der Waals surface area contributed by atoms with Crippen LogP contribution >= 0.6 is 11.8 Å². The normalized spacial score (nSPS) is 16.8. The molecule has 0 radical (unpaired) electrons. The lowest BCUT2D eigenvalue weighted by molar-refractivity contribution is -0.143. The molecule has 0 amide bonds. The summed E-state index contributed by atoms with van der Waals surface area (Å²) in [5.41, 5.74) is 0. The average Bonchev–Trinajstić information content (AvgIpc) is 3.06. The zero-order valence-corrected chi connectivity index (χ0v) is 9.81. The summed E-state index contributed by atoms with van der Waals surface area (Å²) in [5, 5.41) is 3.23. The van der Waals surface area contributed by atoms with Gasteiger partial charge in [-0.25, -0.2) is 0 Å². The Bertz CT molecular complexity index is 245. The first-order chi connectivity index (χ1) is 7.29. The van der Waals surface area contributed by atoms with E-state index in [9.17, 15) is 4.79 Å². The molecular formula is C11H17NO2S. The Balaban J connectivity index is 2.15. The van der Waals surface area contributed by atoms with Crippen molar-refractivity contribution in [2.45, 2.75) is 18.9 Å². The van der Waals surface area contributed by atoms with Crippen LogP contribution in [0.3, 0.4) is 0 Å². The van der Waals surface area contributed by atoms with Crippen molar-refractivity contribution in [3.8, 4) is 12.3 Å². The zero-order valence-electron chi connectivity index (χ0n) is 8.99. The van der Waals surface area contributed by atoms with Gasteiger partial charge in [-0.2, -0.15) is 0 Å². The average molecular weight is 227 g/mol. The van der Waals surface area contributed by atoms with Gasteiger partial charge in [0.25, 0.3) is 0 Å². The summed E-state index contributed by atoms with van der Waals surface area (Å²) in [5.74, 6) is 4.58. The van der Waals surface area contributed by atoms with Gasteiger partial charge in [-0.15, -0.1) is 18.2 Å². The van der Waals surface area contributed by atoms with Crippen LogP contribution in [0.2, 0.25) is 0 Å². The first-order valence-electron chi connectivity index (χ1n) is 5.12. The SMILES string of the molecule is C#CCSCCNC(C(=O)OC)C1CC1. The Morgan fingerprint density at radius 3 is 3.00 bits per heavy atom. The lowest BCUT2D eigenvalue weighted by Gasteiger charge is -2.15. The molecule has 1 fully saturated rings. The minimum absolute atomic E-state index is 0.110. The highest BCUT2D eigenvalue weighted by Crippen LogP contribution is 2.33. The maximum absolute atomic E-state index is 11.4. The number of thioether (sulfide) groups is 1. The van der Waals surface area contributed by atoms with Crippen LogP contribution in [0.1, 0.15) is 12.8 Å². The van der Waals surface area contributed by atoms with E-state index in [-0.39, 0.29) is 12.0 Å². The zero-order chi connectivity index (χ0) is 11.1. The number of methoxy groups -OCH3 is 1. The largest absolute Gasteiger partial charge is 0.468 e. The van der Waals surface area contributed by atoms with Gasteiger partial charge in [0.2, 0.25) is 0 Å². The smallest absolute Gasteiger partial charge is 0.323 e. The number of esters is 1. The highest BCUT2D eigenvalue weighted by atomic mass is 32.2. The summed E-state index contributed by atoms with van der Waals surface area (Å²) >= 11 is 1.70. The van der Waals surface area contributed by atoms with E-state index < -0.39 is 0 Å². The molecule has 1 unspecified atom stereocenters. The lowest BCUT2D eigenvalue weighted by atomic mass is 10.2. The Kier molecular flexibility index (Phi) is 5.59. The highest BCUT2D eigenvalue weighted by Gasteiger charge is 2.36. The molecule has 1 aliphatic rings. The van der Waals surface area contributed by atoms with Crippen molar-refractivity contribution >= 4 is 17.7 Å². The van der Waals surface area contributed by atoms with Gasteiger partial charge in [-0.3, -0.25) is 4.79 Å². The topological polar surface area (TPSA) is 38.3 Å². The number of hydrogen-bond acceptors (Lipinski definition) is 4. The molecule has 15 heavy (non-hydrogen) atoms. The van der Waals surface area contributed by atoms with E-state index in [1.54, 1.807) is 11.8 Å². The predicted octanol–water partition coefficient (Wildman–Crippen LogP) is 0.894. The first-order valence-corrected chi connectivity index (χ1v) is 6.27. The van der Waals surface area contributed by atoms with Crippen LogP contribution in [0.15, 0.2) is 0 Å². The van der Waals surface area contributed by atoms with Crippen molar-refractivity contribution in [1.82, 2.24) is 5.32 Å². The monoisotopic (exact) mass is 227 g/mol. The van der Waals surface area contributed by atoms with Crippen LogP contribution in [-0.4, -0.2) is 37.2 Å². The summed E-state index contributed by atoms with van der Waals surface area (Å²) in [4.78, 5) is 11.4. The second kappa shape index (κ2) is 6.76. The molecule has 0 bridgehead atoms. The molecule has 0 heterocycles. The quantitative estimate of drug-likeness (QED) is 0.398. The molecule has 1 rings (SSSR count). The molecule has 4 heteroatoms. The van der Waals surface area contributed by atoms with E-state index in [2.05, 4.69) is 11.2 Å². The van der Waals surface area contributed by atoms with Gasteiger partial charge >= 0.3 is 5.97 Å². The molecule has 0 aromatic heterocycles. The van der Waals surface area contributed by atoms with Crippen molar-refractivity contribution in [3.63, 3.8) is 0 Å². The van der Waals surface area contributed by atoms with Crippen LogP contribution < -0.4 is 5.32 Å². The van der Waals surface area contributed by atoms with E-state index >= 15 is 0 Å². The van der Waals surface area contributed by atoms with Gasteiger partial charge in [-0.05, 0) is 18.8 Å². The molecule has 84 valence electrons. The fourth-order valence-corrected chi connectivity index (χ4v) is 1.94. The van der Waals surface area contributed by atoms with Crippen molar-refractivity contribution in [1.29, 1.82) is 0 Å². The van der Waals surface area contributed by atoms with Gasteiger partial charge in [0.15, 0.2) is 0 Å². The van der Waals surface area contributed by atoms with E-state index in [0.29, 0.717) is 5.92 Å². The molecule has 0 aromatic rings. The van der Waals surface area contributed by atoms with Crippen molar-refractivity contribution in [3.05, 3.63) is 0 Å². The van der Waals surface area contributed by atoms with Gasteiger partial charge in [0.05, 0.1) is 12.9 Å². The van der Waals surface area contributed by atoms with E-state index in [1.165, 1.54) is 7.11 Å². The Hall–Kier alpha value is -0.660. The summed E-state index contributed by atoms with van der Waals surface area (Å²) in [6.45, 7) is 0.808. The molecular weight excluding hydrogens is 210 g/mol. The number of carbonyl (C=O) groups is 1. The number of terminal acetylenes is 1. The number of rotatable bonds is 7. The second-order valence-electron chi connectivity index (χ2n) is 3.55. The van der Waals surface area contributed by atoms with Crippen molar-refractivity contribution in [2.24, 2.45) is 5.92 Å². The summed E-state index contributed by atoms with van der Waals surface area (Å²) in [6, 6.07) is -0.110. The summed E-state index contributed by atoms with van der Waals surface area (Å²) in [7, 11) is 1.44. The molecule has 1 atom stereocenters. The maximum atomic E-state index is 11.4. The van der Waals surface area contributed by atoms with Crippen LogP contribution in [-0.2, 0) is 9.53 Å². The molecule has 0 saturated heterocycles. The molecule has 0 spiro atoms. The lowest BCUT2D eigenvalue weighted by Crippen LogP contribution is -2.40. The fraction of sp³-hybridized carbons (Fsp3) is 0.727. The molecule has 1 N–H and O–H groups in total. The number of ether oxygens (including phenoxy) is 1. The maximum Gasteiger partial charge on any atom is 0.323 e. The third kappa shape index (κ3) is 4.59. The highest BCUT2D eigenvalue weighted by molar-refractivity contribution is 7.99. The van der Waals surface area contributed by atoms with Crippen LogP contribution in [0.4, 0.5) is 0 Å². The number of nitrogens with one attached hydrogen (secondary N) is 1. The third-order valence-electron chi connectivity index (χ3n) is 2.34. The minimum atomic E-state index is -0.139. The van der Waals surface area contributed by atoms with Gasteiger partial charge in [0, 0.05) is 12.3 Å². The summed E-state index contributed by atoms with van der Waals surface area (Å²) in [6.07, 6.45) is 7.39. The standard InChI is InChI=1S/C11H17NO2S/c1-3-7-15-8-6-12-10(9-4-5-9)11(13)14-2/h1,9-10,12H,4-8H2,2H3. The van der Waals surface area contributed by atoms with Crippen LogP contribution in [0.25, 0.3) is 0 Å². The van der Waals surface area contributed by atoms with E-state index in [0.717, 1.165) is 30.9 Å². The van der Waals surface area contributed by atoms with E-state index in [1.807, 2.05) is 0 Å². The fourth-order valence-electron chi connectivity index (χ4n) is 1.42. The summed E-state index contributed by atoms with van der Waals surface area (Å²) < 4.78 is 4.75. The molecule has 1 saturated carbocycles. The molecule has 0 aromatic carbocycles. The van der Waals surface area contributed by atoms with Crippen LogP contribution in [0, 0.1) is 18.3 Å². The van der Waals surface area contributed by atoms with Gasteiger partial charge in [-0.1, -0.05) is 5.92 Å². The molecule has 1 aliphatic carbocycles. The Morgan fingerprint density at radius 2 is 2.47 bits per heavy atom. The third-order valence-corrected chi connectivity index (χ3v) is 3.21. The van der Waals surface area contributed by atoms with Crippen LogP contribution in [0.5, 0.6) is 0 Å². The number of carbonyl (C=O) groups excluding carboxylic acids is 1. The van der Waals surface area contributed by atoms with Gasteiger partial charge < -0.3 is 10.1 Å². The van der Waals surface area contributed by atoms with Crippen molar-refractivity contribution < 1.29 is 9.53 Å². The first kappa shape index (κ1) is 12.4. The second-order valence-corrected chi connectivity index (χ2v) is 4.65. The number of hydrogen-bond donors (Lipinski definition) is 1. The predicted molar refractivity (Wildman–Crippen MR) is 62.7 cm³/mol. The molecule has 0 aliphatic heterocycles. The van der Waals surface area contributed by atoms with Gasteiger partial charge in [0.1, 0.15) is 6.04 Å². The molecule has 3 nitrogen and oxygen atoms in total. The Labute approximate surface area is 95.3 Å². The van der Waals surface area contributed by atoms with Crippen molar-refractivity contribution in [2.75, 3.05) is 25.2 Å². The Morgan fingerprint density at radius 1 is 1.73 bits per heavy atom. The minimum Gasteiger partial charge on any atom is -0.468 e. The van der Waals surface area contributed by atoms with E-state index in [4.69, 9.17) is 11.2 Å².